The van der Waals surface area contributed by atoms with Gasteiger partial charge in [0.25, 0.3) is 0 Å². The van der Waals surface area contributed by atoms with E-state index < -0.39 is 11.9 Å². The Kier molecular flexibility index (Phi) is 2.22. The van der Waals surface area contributed by atoms with Gasteiger partial charge in [-0.15, -0.1) is 0 Å². The van der Waals surface area contributed by atoms with Crippen LogP contribution in [0.25, 0.3) is 0 Å². The SMILES string of the molecule is FC(F)(F)c1cc(C2CCNC2)[nH]n1. The van der Waals surface area contributed by atoms with Crippen molar-refractivity contribution in [2.45, 2.75) is 18.5 Å². The second kappa shape index (κ2) is 3.27. The summed E-state index contributed by atoms with van der Waals surface area (Å²) < 4.78 is 36.6. The largest absolute Gasteiger partial charge is 0.435 e. The summed E-state index contributed by atoms with van der Waals surface area (Å²) in [6.45, 7) is 1.57. The fourth-order valence-electron chi connectivity index (χ4n) is 1.61. The number of hydrogen-bond acceptors (Lipinski definition) is 2. The van der Waals surface area contributed by atoms with E-state index in [1.54, 1.807) is 0 Å². The molecule has 0 aromatic carbocycles. The third-order valence-corrected chi connectivity index (χ3v) is 2.39. The maximum absolute atomic E-state index is 12.2. The lowest BCUT2D eigenvalue weighted by Gasteiger charge is -2.03. The number of halogens is 3. The van der Waals surface area contributed by atoms with Crippen LogP contribution in [0.4, 0.5) is 13.2 Å². The monoisotopic (exact) mass is 205 g/mol. The van der Waals surface area contributed by atoms with Gasteiger partial charge in [-0.2, -0.15) is 18.3 Å². The summed E-state index contributed by atoms with van der Waals surface area (Å²) in [6.07, 6.45) is -3.49. The first-order valence-electron chi connectivity index (χ1n) is 4.40. The Morgan fingerprint density at radius 3 is 2.71 bits per heavy atom. The zero-order valence-electron chi connectivity index (χ0n) is 7.36. The number of nitrogens with one attached hydrogen (secondary N) is 2. The minimum Gasteiger partial charge on any atom is -0.316 e. The highest BCUT2D eigenvalue weighted by atomic mass is 19.4. The van der Waals surface area contributed by atoms with Gasteiger partial charge in [0, 0.05) is 18.2 Å². The summed E-state index contributed by atoms with van der Waals surface area (Å²) in [7, 11) is 0. The lowest BCUT2D eigenvalue weighted by molar-refractivity contribution is -0.141. The maximum Gasteiger partial charge on any atom is 0.435 e. The highest BCUT2D eigenvalue weighted by Crippen LogP contribution is 2.30. The van der Waals surface area contributed by atoms with E-state index >= 15 is 0 Å². The number of hydrogen-bond donors (Lipinski definition) is 2. The van der Waals surface area contributed by atoms with Crippen molar-refractivity contribution in [2.75, 3.05) is 13.1 Å². The first-order valence-corrected chi connectivity index (χ1v) is 4.40. The lowest BCUT2D eigenvalue weighted by Crippen LogP contribution is -2.08. The summed E-state index contributed by atoms with van der Waals surface area (Å²) in [6, 6.07) is 1.09. The standard InChI is InChI=1S/C8H10F3N3/c9-8(10,11)7-3-6(13-14-7)5-1-2-12-4-5/h3,5,12H,1-2,4H2,(H,13,14). The Bertz CT molecular complexity index is 312. The van der Waals surface area contributed by atoms with Gasteiger partial charge in [0.1, 0.15) is 0 Å². The molecule has 0 amide bonds. The molecule has 78 valence electrons. The fraction of sp³-hybridized carbons (Fsp3) is 0.625. The molecular formula is C8H10F3N3. The van der Waals surface area contributed by atoms with Crippen LogP contribution >= 0.6 is 0 Å². The molecule has 0 radical (unpaired) electrons. The number of nitrogens with zero attached hydrogens (tertiary/aromatic N) is 1. The van der Waals surface area contributed by atoms with Crippen LogP contribution in [0.2, 0.25) is 0 Å². The van der Waals surface area contributed by atoms with Gasteiger partial charge in [0.2, 0.25) is 0 Å². The van der Waals surface area contributed by atoms with E-state index in [2.05, 4.69) is 15.5 Å². The van der Waals surface area contributed by atoms with Crippen molar-refractivity contribution in [2.24, 2.45) is 0 Å². The van der Waals surface area contributed by atoms with Crippen molar-refractivity contribution >= 4 is 0 Å². The van der Waals surface area contributed by atoms with Gasteiger partial charge in [-0.05, 0) is 19.0 Å². The number of H-pyrrole nitrogens is 1. The number of aromatic amines is 1. The summed E-state index contributed by atoms with van der Waals surface area (Å²) in [5.74, 6) is 0.138. The molecule has 0 bridgehead atoms. The lowest BCUT2D eigenvalue weighted by atomic mass is 10.1. The van der Waals surface area contributed by atoms with Crippen molar-refractivity contribution in [3.63, 3.8) is 0 Å². The Hall–Kier alpha value is -1.04. The molecule has 1 aromatic rings. The van der Waals surface area contributed by atoms with Crippen LogP contribution < -0.4 is 5.32 Å². The van der Waals surface area contributed by atoms with E-state index in [1.807, 2.05) is 0 Å². The minimum absolute atomic E-state index is 0.138. The molecule has 2 heterocycles. The summed E-state index contributed by atoms with van der Waals surface area (Å²) >= 11 is 0. The number of alkyl halides is 3. The van der Waals surface area contributed by atoms with Crippen molar-refractivity contribution in [1.29, 1.82) is 0 Å². The molecule has 0 aliphatic carbocycles. The van der Waals surface area contributed by atoms with Crippen LogP contribution in [0.3, 0.4) is 0 Å². The van der Waals surface area contributed by atoms with Crippen LogP contribution in [-0.2, 0) is 6.18 Å². The Morgan fingerprint density at radius 2 is 2.21 bits per heavy atom. The van der Waals surface area contributed by atoms with Crippen molar-refractivity contribution in [3.05, 3.63) is 17.5 Å². The molecule has 0 spiro atoms. The third-order valence-electron chi connectivity index (χ3n) is 2.39. The molecule has 1 fully saturated rings. The highest BCUT2D eigenvalue weighted by Gasteiger charge is 2.34. The van der Waals surface area contributed by atoms with Gasteiger partial charge >= 0.3 is 6.18 Å². The van der Waals surface area contributed by atoms with Gasteiger partial charge in [0.05, 0.1) is 0 Å². The molecule has 0 saturated carbocycles. The number of rotatable bonds is 1. The van der Waals surface area contributed by atoms with E-state index in [0.717, 1.165) is 25.6 Å². The Labute approximate surface area is 78.7 Å². The topological polar surface area (TPSA) is 40.7 Å². The molecule has 2 rings (SSSR count). The molecule has 14 heavy (non-hydrogen) atoms. The highest BCUT2D eigenvalue weighted by molar-refractivity contribution is 5.16. The Balaban J connectivity index is 2.17. The maximum atomic E-state index is 12.2. The molecule has 1 aromatic heterocycles. The average molecular weight is 205 g/mol. The van der Waals surface area contributed by atoms with Crippen molar-refractivity contribution in [1.82, 2.24) is 15.5 Å². The van der Waals surface area contributed by atoms with Gasteiger partial charge < -0.3 is 5.32 Å². The molecule has 1 aliphatic heterocycles. The predicted molar refractivity (Wildman–Crippen MR) is 43.8 cm³/mol. The molecule has 3 nitrogen and oxygen atoms in total. The van der Waals surface area contributed by atoms with Crippen LogP contribution in [-0.4, -0.2) is 23.3 Å². The van der Waals surface area contributed by atoms with E-state index in [0.29, 0.717) is 5.69 Å². The molecule has 1 saturated heterocycles. The van der Waals surface area contributed by atoms with E-state index in [4.69, 9.17) is 0 Å². The molecule has 1 aliphatic rings. The second-order valence-corrected chi connectivity index (χ2v) is 3.40. The van der Waals surface area contributed by atoms with Gasteiger partial charge in [-0.3, -0.25) is 5.10 Å². The predicted octanol–water partition coefficient (Wildman–Crippen LogP) is 1.51. The minimum atomic E-state index is -4.35. The summed E-state index contributed by atoms with van der Waals surface area (Å²) in [4.78, 5) is 0. The third kappa shape index (κ3) is 1.75. The van der Waals surface area contributed by atoms with Gasteiger partial charge in [-0.1, -0.05) is 0 Å². The van der Waals surface area contributed by atoms with Crippen molar-refractivity contribution < 1.29 is 13.2 Å². The molecule has 1 atom stereocenters. The molecule has 2 N–H and O–H groups in total. The average Bonchev–Trinajstić information content (AvgIpc) is 2.73. The molecular weight excluding hydrogens is 195 g/mol. The van der Waals surface area contributed by atoms with Crippen LogP contribution in [0.5, 0.6) is 0 Å². The van der Waals surface area contributed by atoms with Crippen molar-refractivity contribution in [3.8, 4) is 0 Å². The zero-order chi connectivity index (χ0) is 10.2. The van der Waals surface area contributed by atoms with E-state index in [1.165, 1.54) is 0 Å². The number of aromatic nitrogens is 2. The van der Waals surface area contributed by atoms with Gasteiger partial charge in [-0.25, -0.2) is 0 Å². The second-order valence-electron chi connectivity index (χ2n) is 3.40. The first-order chi connectivity index (χ1) is 6.57. The van der Waals surface area contributed by atoms with Gasteiger partial charge in [0.15, 0.2) is 5.69 Å². The molecule has 1 unspecified atom stereocenters. The summed E-state index contributed by atoms with van der Waals surface area (Å²) in [5, 5.41) is 8.79. The normalized spacial score (nSPS) is 22.9. The quantitative estimate of drug-likeness (QED) is 0.729. The fourth-order valence-corrected chi connectivity index (χ4v) is 1.61. The zero-order valence-corrected chi connectivity index (χ0v) is 7.36. The van der Waals surface area contributed by atoms with Crippen LogP contribution in [0, 0.1) is 0 Å². The smallest absolute Gasteiger partial charge is 0.316 e. The van der Waals surface area contributed by atoms with E-state index in [-0.39, 0.29) is 5.92 Å². The summed E-state index contributed by atoms with van der Waals surface area (Å²) in [5.41, 5.74) is -0.262. The van der Waals surface area contributed by atoms with E-state index in [9.17, 15) is 13.2 Å². The Morgan fingerprint density at radius 1 is 1.43 bits per heavy atom. The van der Waals surface area contributed by atoms with Crippen LogP contribution in [0.15, 0.2) is 6.07 Å². The first kappa shape index (κ1) is 9.51. The molecule has 6 heteroatoms. The van der Waals surface area contributed by atoms with Crippen LogP contribution in [0.1, 0.15) is 23.7 Å².